The normalized spacial score (nSPS) is 21.1. The highest BCUT2D eigenvalue weighted by Crippen LogP contribution is 2.29. The summed E-state index contributed by atoms with van der Waals surface area (Å²) < 4.78 is 0. The van der Waals surface area contributed by atoms with Gasteiger partial charge in [-0.1, -0.05) is 32.0 Å². The number of pyridine rings is 1. The fraction of sp³-hybridized carbons (Fsp3) is 0.444. The number of benzene rings is 1. The predicted molar refractivity (Wildman–Crippen MR) is 88.8 cm³/mol. The van der Waals surface area contributed by atoms with Gasteiger partial charge in [-0.05, 0) is 30.9 Å². The maximum atomic E-state index is 13.0. The Morgan fingerprint density at radius 3 is 2.82 bits per heavy atom. The molecule has 4 heteroatoms. The van der Waals surface area contributed by atoms with Crippen LogP contribution in [0, 0.1) is 12.3 Å². The van der Waals surface area contributed by atoms with Gasteiger partial charge < -0.3 is 10.6 Å². The number of rotatable bonds is 1. The first-order chi connectivity index (χ1) is 10.4. The zero-order valence-corrected chi connectivity index (χ0v) is 13.5. The standard InChI is InChI=1S/C18H23N3O/c1-12-10-14(13-6-4-5-7-15(13)20-12)17(22)21-9-8-16(19)18(2,3)11-21/h4-7,10,16H,8-9,11,19H2,1-3H3. The molecule has 4 nitrogen and oxygen atoms in total. The SMILES string of the molecule is Cc1cc(C(=O)N2CCC(N)C(C)(C)C2)c2ccccc2n1. The molecule has 2 heterocycles. The van der Waals surface area contributed by atoms with Crippen LogP contribution in [0.2, 0.25) is 0 Å². The number of nitrogens with zero attached hydrogens (tertiary/aromatic N) is 2. The number of amides is 1. The van der Waals surface area contributed by atoms with E-state index in [-0.39, 0.29) is 17.4 Å². The van der Waals surface area contributed by atoms with Gasteiger partial charge in [0, 0.05) is 30.2 Å². The summed E-state index contributed by atoms with van der Waals surface area (Å²) in [6.07, 6.45) is 0.848. The molecule has 2 aromatic rings. The lowest BCUT2D eigenvalue weighted by Gasteiger charge is -2.42. The van der Waals surface area contributed by atoms with Crippen molar-refractivity contribution in [3.8, 4) is 0 Å². The third kappa shape index (κ3) is 2.59. The highest BCUT2D eigenvalue weighted by molar-refractivity contribution is 6.06. The molecule has 3 rings (SSSR count). The lowest BCUT2D eigenvalue weighted by molar-refractivity contribution is 0.0534. The zero-order valence-electron chi connectivity index (χ0n) is 13.5. The van der Waals surface area contributed by atoms with E-state index in [0.29, 0.717) is 6.54 Å². The number of hydrogen-bond acceptors (Lipinski definition) is 3. The van der Waals surface area contributed by atoms with E-state index in [1.54, 1.807) is 0 Å². The van der Waals surface area contributed by atoms with E-state index < -0.39 is 0 Å². The molecule has 1 fully saturated rings. The van der Waals surface area contributed by atoms with Gasteiger partial charge in [-0.3, -0.25) is 9.78 Å². The molecule has 0 saturated carbocycles. The molecule has 22 heavy (non-hydrogen) atoms. The molecule has 1 amide bonds. The molecule has 0 bridgehead atoms. The first-order valence-corrected chi connectivity index (χ1v) is 7.80. The molecule has 1 aliphatic rings. The molecule has 0 radical (unpaired) electrons. The van der Waals surface area contributed by atoms with Gasteiger partial charge in [0.05, 0.1) is 11.1 Å². The summed E-state index contributed by atoms with van der Waals surface area (Å²) >= 11 is 0. The number of aryl methyl sites for hydroxylation is 1. The van der Waals surface area contributed by atoms with Crippen molar-refractivity contribution in [2.45, 2.75) is 33.2 Å². The van der Waals surface area contributed by atoms with E-state index in [1.807, 2.05) is 42.2 Å². The number of carbonyl (C=O) groups is 1. The van der Waals surface area contributed by atoms with Crippen molar-refractivity contribution >= 4 is 16.8 Å². The van der Waals surface area contributed by atoms with Crippen LogP contribution in [-0.2, 0) is 0 Å². The summed E-state index contributed by atoms with van der Waals surface area (Å²) in [5.74, 6) is 0.0849. The Labute approximate surface area is 131 Å². The van der Waals surface area contributed by atoms with E-state index in [0.717, 1.165) is 35.1 Å². The molecule has 116 valence electrons. The second-order valence-electron chi connectivity index (χ2n) is 6.94. The Hall–Kier alpha value is -1.94. The van der Waals surface area contributed by atoms with Crippen molar-refractivity contribution in [2.24, 2.45) is 11.1 Å². The molecular weight excluding hydrogens is 274 g/mol. The minimum absolute atomic E-state index is 0.0498. The number of aromatic nitrogens is 1. The van der Waals surface area contributed by atoms with Crippen molar-refractivity contribution in [1.82, 2.24) is 9.88 Å². The number of piperidine rings is 1. The fourth-order valence-corrected chi connectivity index (χ4v) is 3.20. The lowest BCUT2D eigenvalue weighted by Crippen LogP contribution is -2.54. The Bertz CT molecular complexity index is 723. The van der Waals surface area contributed by atoms with Gasteiger partial charge in [0.2, 0.25) is 0 Å². The average Bonchev–Trinajstić information content (AvgIpc) is 2.48. The molecule has 1 unspecified atom stereocenters. The number of fused-ring (bicyclic) bond motifs is 1. The van der Waals surface area contributed by atoms with Crippen LogP contribution in [-0.4, -0.2) is 34.9 Å². The average molecular weight is 297 g/mol. The van der Waals surface area contributed by atoms with Crippen LogP contribution < -0.4 is 5.73 Å². The molecule has 1 atom stereocenters. The number of nitrogens with two attached hydrogens (primary N) is 1. The minimum Gasteiger partial charge on any atom is -0.338 e. The van der Waals surface area contributed by atoms with Crippen molar-refractivity contribution in [3.05, 3.63) is 41.6 Å². The van der Waals surface area contributed by atoms with Crippen LogP contribution >= 0.6 is 0 Å². The first kappa shape index (κ1) is 15.0. The maximum Gasteiger partial charge on any atom is 0.254 e. The van der Waals surface area contributed by atoms with Crippen LogP contribution in [0.25, 0.3) is 10.9 Å². The van der Waals surface area contributed by atoms with E-state index in [1.165, 1.54) is 0 Å². The summed E-state index contributed by atoms with van der Waals surface area (Å²) in [4.78, 5) is 19.5. The summed E-state index contributed by atoms with van der Waals surface area (Å²) in [5.41, 5.74) is 8.62. The predicted octanol–water partition coefficient (Wildman–Crippen LogP) is 2.74. The molecule has 0 spiro atoms. The summed E-state index contributed by atoms with van der Waals surface area (Å²) in [6.45, 7) is 7.61. The largest absolute Gasteiger partial charge is 0.338 e. The second kappa shape index (κ2) is 5.36. The van der Waals surface area contributed by atoms with Crippen LogP contribution in [0.5, 0.6) is 0 Å². The highest BCUT2D eigenvalue weighted by Gasteiger charge is 2.35. The van der Waals surface area contributed by atoms with E-state index in [4.69, 9.17) is 5.73 Å². The van der Waals surface area contributed by atoms with Gasteiger partial charge in [0.25, 0.3) is 5.91 Å². The topological polar surface area (TPSA) is 59.2 Å². The van der Waals surface area contributed by atoms with E-state index >= 15 is 0 Å². The second-order valence-corrected chi connectivity index (χ2v) is 6.94. The minimum atomic E-state index is -0.0498. The van der Waals surface area contributed by atoms with Gasteiger partial charge >= 0.3 is 0 Å². The molecular formula is C18H23N3O. The van der Waals surface area contributed by atoms with Gasteiger partial charge in [-0.15, -0.1) is 0 Å². The third-order valence-corrected chi connectivity index (χ3v) is 4.67. The van der Waals surface area contributed by atoms with Crippen LogP contribution in [0.3, 0.4) is 0 Å². The molecule has 1 aromatic heterocycles. The fourth-order valence-electron chi connectivity index (χ4n) is 3.20. The quantitative estimate of drug-likeness (QED) is 0.880. The van der Waals surface area contributed by atoms with Gasteiger partial charge in [0.1, 0.15) is 0 Å². The zero-order chi connectivity index (χ0) is 15.9. The van der Waals surface area contributed by atoms with Gasteiger partial charge in [0.15, 0.2) is 0 Å². The Balaban J connectivity index is 1.99. The monoisotopic (exact) mass is 297 g/mol. The Morgan fingerprint density at radius 1 is 1.36 bits per heavy atom. The summed E-state index contributed by atoms with van der Waals surface area (Å²) in [7, 11) is 0. The van der Waals surface area contributed by atoms with Crippen molar-refractivity contribution < 1.29 is 4.79 Å². The Kier molecular flexibility index (Phi) is 3.65. The van der Waals surface area contributed by atoms with Crippen LogP contribution in [0.15, 0.2) is 30.3 Å². The number of para-hydroxylation sites is 1. The lowest BCUT2D eigenvalue weighted by atomic mass is 9.79. The van der Waals surface area contributed by atoms with Gasteiger partial charge in [-0.2, -0.15) is 0 Å². The van der Waals surface area contributed by atoms with Gasteiger partial charge in [-0.25, -0.2) is 0 Å². The number of likely N-dealkylation sites (tertiary alicyclic amines) is 1. The molecule has 1 saturated heterocycles. The third-order valence-electron chi connectivity index (χ3n) is 4.67. The number of hydrogen-bond donors (Lipinski definition) is 1. The maximum absolute atomic E-state index is 13.0. The molecule has 2 N–H and O–H groups in total. The summed E-state index contributed by atoms with van der Waals surface area (Å²) in [6, 6.07) is 9.86. The summed E-state index contributed by atoms with van der Waals surface area (Å²) in [5, 5.41) is 0.922. The Morgan fingerprint density at radius 2 is 2.09 bits per heavy atom. The van der Waals surface area contributed by atoms with Crippen molar-refractivity contribution in [3.63, 3.8) is 0 Å². The highest BCUT2D eigenvalue weighted by atomic mass is 16.2. The molecule has 1 aromatic carbocycles. The number of carbonyl (C=O) groups excluding carboxylic acids is 1. The van der Waals surface area contributed by atoms with E-state index in [2.05, 4.69) is 18.8 Å². The smallest absolute Gasteiger partial charge is 0.254 e. The van der Waals surface area contributed by atoms with Crippen LogP contribution in [0.4, 0.5) is 0 Å². The molecule has 0 aliphatic carbocycles. The van der Waals surface area contributed by atoms with Crippen LogP contribution in [0.1, 0.15) is 36.3 Å². The molecule has 1 aliphatic heterocycles. The van der Waals surface area contributed by atoms with Crippen molar-refractivity contribution in [1.29, 1.82) is 0 Å². The first-order valence-electron chi connectivity index (χ1n) is 7.80. The van der Waals surface area contributed by atoms with Crippen molar-refractivity contribution in [2.75, 3.05) is 13.1 Å². The van der Waals surface area contributed by atoms with E-state index in [9.17, 15) is 4.79 Å².